The number of carbonyl (C=O) groups is 1. The van der Waals surface area contributed by atoms with Gasteiger partial charge in [0.1, 0.15) is 49.1 Å². The van der Waals surface area contributed by atoms with Crippen LogP contribution < -0.4 is 0 Å². The van der Waals surface area contributed by atoms with E-state index in [0.717, 1.165) is 16.8 Å². The lowest BCUT2D eigenvalue weighted by Gasteiger charge is -2.43. The van der Waals surface area contributed by atoms with Crippen molar-refractivity contribution in [1.29, 1.82) is 0 Å². The molecule has 1 aliphatic heterocycles. The Bertz CT molecular complexity index is 1510. The first-order chi connectivity index (χ1) is 19.2. The molecule has 0 radical (unpaired) electrons. The van der Waals surface area contributed by atoms with Gasteiger partial charge in [-0.1, -0.05) is 22.9 Å². The van der Waals surface area contributed by atoms with Crippen molar-refractivity contribution in [2.45, 2.75) is 30.5 Å². The molecule has 3 heterocycles. The number of hydrogen-bond donors (Lipinski definition) is 3. The minimum absolute atomic E-state index is 0.0901. The van der Waals surface area contributed by atoms with Crippen molar-refractivity contribution in [1.82, 2.24) is 29.8 Å². The van der Waals surface area contributed by atoms with Crippen LogP contribution in [0.2, 0.25) is 5.02 Å². The average molecular weight is 581 g/mol. The number of aromatic nitrogens is 6. The van der Waals surface area contributed by atoms with E-state index in [4.69, 9.17) is 21.1 Å². The van der Waals surface area contributed by atoms with Crippen LogP contribution >= 0.6 is 11.6 Å². The largest absolute Gasteiger partial charge is 0.480 e. The van der Waals surface area contributed by atoms with Gasteiger partial charge in [-0.3, -0.25) is 0 Å². The normalized spacial score (nSPS) is 22.9. The molecule has 12 nitrogen and oxygen atoms in total. The molecule has 1 fully saturated rings. The van der Waals surface area contributed by atoms with Gasteiger partial charge in [0, 0.05) is 10.6 Å². The number of benzene rings is 2. The van der Waals surface area contributed by atoms with Crippen LogP contribution in [0.1, 0.15) is 18.0 Å². The van der Waals surface area contributed by atoms with Gasteiger partial charge in [-0.2, -0.15) is 5.10 Å². The summed E-state index contributed by atoms with van der Waals surface area (Å²) in [5.74, 6) is -5.76. The van der Waals surface area contributed by atoms with Crippen LogP contribution in [-0.4, -0.2) is 82.6 Å². The summed E-state index contributed by atoms with van der Waals surface area (Å²) in [5.41, 5.74) is 0.239. The van der Waals surface area contributed by atoms with Gasteiger partial charge < -0.3 is 24.8 Å². The van der Waals surface area contributed by atoms with Gasteiger partial charge in [0.2, 0.25) is 0 Å². The van der Waals surface area contributed by atoms with Crippen LogP contribution in [0.5, 0.6) is 0 Å². The van der Waals surface area contributed by atoms with Gasteiger partial charge in [-0.05, 0) is 30.3 Å². The molecule has 1 saturated heterocycles. The van der Waals surface area contributed by atoms with E-state index in [1.165, 1.54) is 17.2 Å². The minimum atomic E-state index is -1.66. The molecule has 3 N–H and O–H groups in total. The highest BCUT2D eigenvalue weighted by molar-refractivity contribution is 6.30. The molecule has 16 heteroatoms. The van der Waals surface area contributed by atoms with E-state index in [2.05, 4.69) is 20.4 Å². The number of aliphatic hydroxyl groups excluding tert-OH is 2. The van der Waals surface area contributed by atoms with Crippen molar-refractivity contribution in [3.8, 4) is 16.9 Å². The van der Waals surface area contributed by atoms with Crippen molar-refractivity contribution >= 4 is 17.6 Å². The Kier molecular flexibility index (Phi) is 7.82. The predicted octanol–water partition coefficient (Wildman–Crippen LogP) is 2.10. The van der Waals surface area contributed by atoms with Crippen LogP contribution in [0.25, 0.3) is 16.9 Å². The molecule has 4 aromatic rings. The zero-order valence-electron chi connectivity index (χ0n) is 20.2. The molecule has 1 aliphatic rings. The van der Waals surface area contributed by atoms with Gasteiger partial charge in [0.15, 0.2) is 23.3 Å². The van der Waals surface area contributed by atoms with E-state index >= 15 is 0 Å². The molecular weight excluding hydrogens is 561 g/mol. The maximum absolute atomic E-state index is 13.8. The van der Waals surface area contributed by atoms with Crippen molar-refractivity contribution in [2.24, 2.45) is 0 Å². The number of carboxylic acid groups (broad SMARTS) is 1. The zero-order valence-corrected chi connectivity index (χ0v) is 20.9. The summed E-state index contributed by atoms with van der Waals surface area (Å²) in [4.78, 5) is 15.7. The van der Waals surface area contributed by atoms with Crippen molar-refractivity contribution in [2.75, 3.05) is 13.2 Å². The van der Waals surface area contributed by atoms with Gasteiger partial charge in [0.05, 0.1) is 18.5 Å². The number of nitrogens with zero attached hydrogens (tertiary/aromatic N) is 6. The van der Waals surface area contributed by atoms with E-state index in [9.17, 15) is 33.3 Å². The number of halogens is 4. The average Bonchev–Trinajstić information content (AvgIpc) is 3.61. The topological polar surface area (TPSA) is 158 Å². The molecule has 2 aromatic carbocycles. The summed E-state index contributed by atoms with van der Waals surface area (Å²) >= 11 is 6.13. The number of ether oxygens (including phenoxy) is 2. The maximum Gasteiger partial charge on any atom is 0.329 e. The number of hydrogen-bond acceptors (Lipinski definition) is 9. The fourth-order valence-corrected chi connectivity index (χ4v) is 4.65. The maximum atomic E-state index is 13.8. The Labute approximate surface area is 228 Å². The fourth-order valence-electron chi connectivity index (χ4n) is 4.47. The zero-order chi connectivity index (χ0) is 28.6. The number of aliphatic hydroxyl groups is 2. The molecule has 5 rings (SSSR count). The molecular formula is C24H20ClF3N6O6. The van der Waals surface area contributed by atoms with E-state index in [1.54, 1.807) is 24.3 Å². The van der Waals surface area contributed by atoms with Gasteiger partial charge in [0.25, 0.3) is 0 Å². The summed E-state index contributed by atoms with van der Waals surface area (Å²) < 4.78 is 55.2. The third kappa shape index (κ3) is 5.29. The van der Waals surface area contributed by atoms with Crippen molar-refractivity contribution in [3.63, 3.8) is 0 Å². The first kappa shape index (κ1) is 27.7. The van der Waals surface area contributed by atoms with Gasteiger partial charge >= 0.3 is 5.97 Å². The van der Waals surface area contributed by atoms with Crippen LogP contribution in [0.15, 0.2) is 48.9 Å². The smallest absolute Gasteiger partial charge is 0.329 e. The van der Waals surface area contributed by atoms with E-state index in [-0.39, 0.29) is 17.1 Å². The molecule has 2 aromatic heterocycles. The molecule has 40 heavy (non-hydrogen) atoms. The van der Waals surface area contributed by atoms with Crippen LogP contribution in [0, 0.1) is 17.5 Å². The molecule has 0 spiro atoms. The second kappa shape index (κ2) is 11.3. The second-order valence-corrected chi connectivity index (χ2v) is 9.21. The summed E-state index contributed by atoms with van der Waals surface area (Å²) in [6, 6.07) is 6.78. The number of carboxylic acids is 1. The Balaban J connectivity index is 1.59. The van der Waals surface area contributed by atoms with E-state index in [0.29, 0.717) is 10.7 Å². The Morgan fingerprint density at radius 1 is 1.18 bits per heavy atom. The highest BCUT2D eigenvalue weighted by atomic mass is 35.5. The van der Waals surface area contributed by atoms with Crippen LogP contribution in [0.4, 0.5) is 13.2 Å². The Morgan fingerprint density at radius 3 is 2.60 bits per heavy atom. The SMILES string of the molecule is O=C(O)CO[C@@H]1[C@@H](n2cc(-c3cc(F)c(F)c(F)c3)nn2)[C@@H](O)[C@@H](CO)O[C@H]1c1ncnn1-c1cccc(Cl)c1. The third-order valence-corrected chi connectivity index (χ3v) is 6.48. The van der Waals surface area contributed by atoms with Crippen molar-refractivity contribution < 1.29 is 42.8 Å². The monoisotopic (exact) mass is 580 g/mol. The number of aliphatic carboxylic acids is 1. The second-order valence-electron chi connectivity index (χ2n) is 8.78. The summed E-state index contributed by atoms with van der Waals surface area (Å²) in [5, 5.41) is 42.9. The molecule has 0 aliphatic carbocycles. The summed E-state index contributed by atoms with van der Waals surface area (Å²) in [7, 11) is 0. The highest BCUT2D eigenvalue weighted by Crippen LogP contribution is 2.40. The predicted molar refractivity (Wildman–Crippen MR) is 129 cm³/mol. The lowest BCUT2D eigenvalue weighted by Crippen LogP contribution is -2.54. The first-order valence-corrected chi connectivity index (χ1v) is 12.1. The summed E-state index contributed by atoms with van der Waals surface area (Å²) in [6.45, 7) is -1.49. The fraction of sp³-hybridized carbons (Fsp3) is 0.292. The quantitative estimate of drug-likeness (QED) is 0.264. The van der Waals surface area contributed by atoms with Gasteiger partial charge in [-0.15, -0.1) is 5.10 Å². The van der Waals surface area contributed by atoms with Crippen LogP contribution in [-0.2, 0) is 14.3 Å². The van der Waals surface area contributed by atoms with E-state index < -0.39 is 67.1 Å². The molecule has 5 atom stereocenters. The molecule has 210 valence electrons. The molecule has 0 bridgehead atoms. The first-order valence-electron chi connectivity index (χ1n) is 11.7. The molecule has 0 saturated carbocycles. The molecule has 0 unspecified atom stereocenters. The van der Waals surface area contributed by atoms with Gasteiger partial charge in [-0.25, -0.2) is 32.3 Å². The standard InChI is InChI=1S/C24H20ClF3N6O6/c25-12-2-1-3-13(6-12)34-24(29-10-30-34)23-22(39-9-18(36)37)20(21(38)17(8-35)40-23)33-7-16(31-32-33)11-4-14(26)19(28)15(27)5-11/h1-7,10,17,20-23,35,38H,8-9H2,(H,36,37)/t17-,20+,21+,22-,23-/m1/s1. The third-order valence-electron chi connectivity index (χ3n) is 6.24. The Hall–Kier alpha value is -3.89. The Morgan fingerprint density at radius 2 is 1.93 bits per heavy atom. The number of rotatable bonds is 8. The minimum Gasteiger partial charge on any atom is -0.480 e. The summed E-state index contributed by atoms with van der Waals surface area (Å²) in [6.07, 6.45) is -2.88. The van der Waals surface area contributed by atoms with E-state index in [1.807, 2.05) is 0 Å². The van der Waals surface area contributed by atoms with Crippen LogP contribution in [0.3, 0.4) is 0 Å². The molecule has 0 amide bonds. The lowest BCUT2D eigenvalue weighted by atomic mass is 9.91. The highest BCUT2D eigenvalue weighted by Gasteiger charge is 2.50. The van der Waals surface area contributed by atoms with Crippen molar-refractivity contribution in [3.05, 3.63) is 77.2 Å². The lowest BCUT2D eigenvalue weighted by molar-refractivity contribution is -0.225.